The maximum atomic E-state index is 13.9. The molecule has 2 aliphatic rings. The van der Waals surface area contributed by atoms with Gasteiger partial charge in [-0.25, -0.2) is 4.39 Å². The molecule has 0 heterocycles. The van der Waals surface area contributed by atoms with Crippen molar-refractivity contribution in [3.05, 3.63) is 34.1 Å². The molecule has 0 aromatic heterocycles. The van der Waals surface area contributed by atoms with Crippen LogP contribution in [0.15, 0.2) is 18.2 Å². The summed E-state index contributed by atoms with van der Waals surface area (Å²) in [6.45, 7) is 0. The van der Waals surface area contributed by atoms with Gasteiger partial charge in [-0.15, -0.1) is 11.6 Å². The Morgan fingerprint density at radius 1 is 1.33 bits per heavy atom. The molecule has 2 aliphatic carbocycles. The van der Waals surface area contributed by atoms with Crippen LogP contribution in [0.5, 0.6) is 5.75 Å². The lowest BCUT2D eigenvalue weighted by Gasteiger charge is -2.54. The Bertz CT molecular complexity index is 560. The van der Waals surface area contributed by atoms with Crippen molar-refractivity contribution >= 4 is 17.3 Å². The second kappa shape index (κ2) is 5.44. The molecule has 0 amide bonds. The molecule has 0 N–H and O–H groups in total. The summed E-state index contributed by atoms with van der Waals surface area (Å²) in [5.41, 5.74) is -0.463. The normalized spacial score (nSPS) is 27.1. The van der Waals surface area contributed by atoms with E-state index in [0.717, 1.165) is 25.7 Å². The van der Waals surface area contributed by atoms with Crippen LogP contribution in [0.2, 0.25) is 0 Å². The monoisotopic (exact) mass is 313 g/mol. The minimum Gasteiger partial charge on any atom is -0.481 e. The van der Waals surface area contributed by atoms with E-state index in [9.17, 15) is 14.5 Å². The lowest BCUT2D eigenvalue weighted by atomic mass is 9.58. The zero-order chi connectivity index (χ0) is 15.0. The molecule has 0 radical (unpaired) electrons. The van der Waals surface area contributed by atoms with Crippen LogP contribution in [-0.4, -0.2) is 16.4 Å². The zero-order valence-electron chi connectivity index (χ0n) is 11.6. The molecule has 2 atom stereocenters. The second-order valence-electron chi connectivity index (χ2n) is 5.95. The quantitative estimate of drug-likeness (QED) is 0.471. The Kier molecular flexibility index (Phi) is 3.78. The van der Waals surface area contributed by atoms with E-state index in [1.807, 2.05) is 0 Å². The van der Waals surface area contributed by atoms with Crippen molar-refractivity contribution in [1.82, 2.24) is 0 Å². The fourth-order valence-electron chi connectivity index (χ4n) is 3.61. The van der Waals surface area contributed by atoms with Gasteiger partial charge in [0.2, 0.25) is 5.75 Å². The highest BCUT2D eigenvalue weighted by Crippen LogP contribution is 2.56. The first-order valence-corrected chi connectivity index (χ1v) is 7.72. The number of hydrogen-bond acceptors (Lipinski definition) is 3. The van der Waals surface area contributed by atoms with Gasteiger partial charge in [-0.3, -0.25) is 10.1 Å². The highest BCUT2D eigenvalue weighted by molar-refractivity contribution is 6.21. The zero-order valence-corrected chi connectivity index (χ0v) is 12.3. The lowest BCUT2D eigenvalue weighted by Crippen LogP contribution is -2.58. The van der Waals surface area contributed by atoms with Gasteiger partial charge in [0.25, 0.3) is 0 Å². The van der Waals surface area contributed by atoms with Gasteiger partial charge in [0.05, 0.1) is 4.92 Å². The van der Waals surface area contributed by atoms with E-state index in [1.54, 1.807) is 0 Å². The van der Waals surface area contributed by atoms with Crippen molar-refractivity contribution in [2.45, 2.75) is 50.0 Å². The average Bonchev–Trinajstić information content (AvgIpc) is 2.49. The number of nitro groups is 1. The largest absolute Gasteiger partial charge is 0.481 e. The molecule has 0 aliphatic heterocycles. The third-order valence-electron chi connectivity index (χ3n) is 4.87. The van der Waals surface area contributed by atoms with Crippen LogP contribution in [0.25, 0.3) is 0 Å². The third kappa shape index (κ3) is 2.37. The minimum atomic E-state index is -0.687. The lowest BCUT2D eigenvalue weighted by molar-refractivity contribution is -0.386. The standard InChI is InChI=1S/C15H17ClFNO3/c16-12-9-13(15(12)7-2-1-3-8-15)21-14-10(17)5-4-6-11(14)18(19)20/h4-6,12-13H,1-3,7-9H2. The number of hydrogen-bond donors (Lipinski definition) is 0. The highest BCUT2D eigenvalue weighted by atomic mass is 35.5. The van der Waals surface area contributed by atoms with E-state index in [-0.39, 0.29) is 28.3 Å². The van der Waals surface area contributed by atoms with Crippen LogP contribution in [0, 0.1) is 21.3 Å². The number of ether oxygens (including phenoxy) is 1. The Hall–Kier alpha value is -1.36. The van der Waals surface area contributed by atoms with Crippen LogP contribution < -0.4 is 4.74 Å². The first-order chi connectivity index (χ1) is 10.0. The fraction of sp³-hybridized carbons (Fsp3) is 0.600. The van der Waals surface area contributed by atoms with E-state index in [1.165, 1.54) is 24.6 Å². The minimum absolute atomic E-state index is 0.0219. The van der Waals surface area contributed by atoms with Crippen LogP contribution in [0.1, 0.15) is 38.5 Å². The van der Waals surface area contributed by atoms with Gasteiger partial charge in [-0.1, -0.05) is 25.3 Å². The van der Waals surface area contributed by atoms with Gasteiger partial charge in [0.1, 0.15) is 6.10 Å². The average molecular weight is 314 g/mol. The molecule has 114 valence electrons. The predicted molar refractivity (Wildman–Crippen MR) is 77.2 cm³/mol. The van der Waals surface area contributed by atoms with Gasteiger partial charge < -0.3 is 4.74 Å². The van der Waals surface area contributed by atoms with Crippen molar-refractivity contribution < 1.29 is 14.1 Å². The summed E-state index contributed by atoms with van der Waals surface area (Å²) in [6, 6.07) is 3.78. The third-order valence-corrected chi connectivity index (χ3v) is 5.49. The Morgan fingerprint density at radius 3 is 2.67 bits per heavy atom. The Morgan fingerprint density at radius 2 is 2.05 bits per heavy atom. The summed E-state index contributed by atoms with van der Waals surface area (Å²) in [4.78, 5) is 10.4. The maximum absolute atomic E-state index is 13.9. The first-order valence-electron chi connectivity index (χ1n) is 7.28. The molecule has 6 heteroatoms. The SMILES string of the molecule is O=[N+]([O-])c1cccc(F)c1OC1CC(Cl)C12CCCCC2. The van der Waals surface area contributed by atoms with Gasteiger partial charge in [0.15, 0.2) is 5.82 Å². The molecule has 0 bridgehead atoms. The number of para-hydroxylation sites is 1. The summed E-state index contributed by atoms with van der Waals surface area (Å²) in [5.74, 6) is -0.936. The molecule has 21 heavy (non-hydrogen) atoms. The molecule has 2 unspecified atom stereocenters. The molecule has 2 fully saturated rings. The van der Waals surface area contributed by atoms with Gasteiger partial charge >= 0.3 is 5.69 Å². The number of benzene rings is 1. The smallest absolute Gasteiger partial charge is 0.314 e. The number of nitro benzene ring substituents is 1. The number of halogens is 2. The second-order valence-corrected chi connectivity index (χ2v) is 6.48. The van der Waals surface area contributed by atoms with Crippen LogP contribution in [-0.2, 0) is 0 Å². The summed E-state index contributed by atoms with van der Waals surface area (Å²) < 4.78 is 19.7. The maximum Gasteiger partial charge on any atom is 0.314 e. The predicted octanol–water partition coefficient (Wildman–Crippen LogP) is 4.44. The number of alkyl halides is 1. The van der Waals surface area contributed by atoms with E-state index in [0.29, 0.717) is 6.42 Å². The van der Waals surface area contributed by atoms with E-state index >= 15 is 0 Å². The van der Waals surface area contributed by atoms with Crippen molar-refractivity contribution in [1.29, 1.82) is 0 Å². The molecule has 1 aromatic rings. The molecular formula is C15H17ClFNO3. The van der Waals surface area contributed by atoms with Crippen LogP contribution in [0.4, 0.5) is 10.1 Å². The highest BCUT2D eigenvalue weighted by Gasteiger charge is 2.56. The molecule has 0 saturated heterocycles. The molecule has 4 nitrogen and oxygen atoms in total. The Balaban J connectivity index is 1.86. The molecule has 3 rings (SSSR count). The van der Waals surface area contributed by atoms with E-state index in [2.05, 4.69) is 0 Å². The fourth-order valence-corrected chi connectivity index (χ4v) is 4.13. The number of rotatable bonds is 3. The van der Waals surface area contributed by atoms with Gasteiger partial charge in [-0.05, 0) is 18.9 Å². The van der Waals surface area contributed by atoms with Crippen LogP contribution >= 0.6 is 11.6 Å². The molecule has 1 spiro atoms. The molecule has 1 aromatic carbocycles. The van der Waals surface area contributed by atoms with Gasteiger partial charge in [0, 0.05) is 23.3 Å². The summed E-state index contributed by atoms with van der Waals surface area (Å²) >= 11 is 6.38. The summed E-state index contributed by atoms with van der Waals surface area (Å²) in [7, 11) is 0. The van der Waals surface area contributed by atoms with Crippen LogP contribution in [0.3, 0.4) is 0 Å². The van der Waals surface area contributed by atoms with E-state index in [4.69, 9.17) is 16.3 Å². The van der Waals surface area contributed by atoms with Crippen molar-refractivity contribution in [3.8, 4) is 5.75 Å². The first kappa shape index (κ1) is 14.6. The van der Waals surface area contributed by atoms with Crippen molar-refractivity contribution in [3.63, 3.8) is 0 Å². The van der Waals surface area contributed by atoms with Crippen molar-refractivity contribution in [2.75, 3.05) is 0 Å². The molecule has 2 saturated carbocycles. The van der Waals surface area contributed by atoms with Crippen molar-refractivity contribution in [2.24, 2.45) is 5.41 Å². The Labute approximate surface area is 127 Å². The number of nitrogens with zero attached hydrogens (tertiary/aromatic N) is 1. The van der Waals surface area contributed by atoms with Gasteiger partial charge in [-0.2, -0.15) is 0 Å². The summed E-state index contributed by atoms with van der Waals surface area (Å²) in [6.07, 6.45) is 5.65. The molecular weight excluding hydrogens is 297 g/mol. The van der Waals surface area contributed by atoms with E-state index < -0.39 is 10.7 Å². The summed E-state index contributed by atoms with van der Waals surface area (Å²) in [5, 5.41) is 11.0. The topological polar surface area (TPSA) is 52.4 Å².